The Balaban J connectivity index is 1.51. The maximum atomic E-state index is 12.6. The summed E-state index contributed by atoms with van der Waals surface area (Å²) in [6.45, 7) is 1.41. The number of aromatic nitrogens is 2. The van der Waals surface area contributed by atoms with Gasteiger partial charge in [0.05, 0.1) is 31.6 Å². The predicted molar refractivity (Wildman–Crippen MR) is 103 cm³/mol. The first-order valence-corrected chi connectivity index (χ1v) is 9.20. The molecule has 1 N–H and O–H groups in total. The summed E-state index contributed by atoms with van der Waals surface area (Å²) in [6.07, 6.45) is 6.66. The van der Waals surface area contributed by atoms with Crippen molar-refractivity contribution in [3.8, 4) is 5.75 Å². The molecular formula is C20H21N3O5. The third kappa shape index (κ3) is 3.77. The van der Waals surface area contributed by atoms with Gasteiger partial charge in [0.2, 0.25) is 0 Å². The highest BCUT2D eigenvalue weighted by Gasteiger charge is 2.18. The van der Waals surface area contributed by atoms with E-state index >= 15 is 0 Å². The molecule has 1 aliphatic heterocycles. The molecule has 3 heterocycles. The number of rotatable bonds is 5. The molecule has 1 amide bonds. The van der Waals surface area contributed by atoms with Gasteiger partial charge in [0, 0.05) is 18.2 Å². The zero-order chi connectivity index (χ0) is 19.5. The van der Waals surface area contributed by atoms with Crippen LogP contribution in [0.25, 0.3) is 11.0 Å². The molecule has 1 saturated heterocycles. The molecule has 3 aromatic rings. The molecule has 1 aliphatic rings. The fraction of sp³-hybridized carbons (Fsp3) is 0.350. The highest BCUT2D eigenvalue weighted by molar-refractivity contribution is 6.05. The van der Waals surface area contributed by atoms with E-state index in [2.05, 4.69) is 10.4 Å². The van der Waals surface area contributed by atoms with E-state index in [0.29, 0.717) is 29.0 Å². The Morgan fingerprint density at radius 1 is 1.39 bits per heavy atom. The second-order valence-corrected chi connectivity index (χ2v) is 6.72. The summed E-state index contributed by atoms with van der Waals surface area (Å²) < 4.78 is 17.9. The van der Waals surface area contributed by atoms with Crippen molar-refractivity contribution in [2.24, 2.45) is 0 Å². The fourth-order valence-corrected chi connectivity index (χ4v) is 3.32. The zero-order valence-electron chi connectivity index (χ0n) is 15.5. The van der Waals surface area contributed by atoms with E-state index in [9.17, 15) is 9.59 Å². The number of ether oxygens (including phenoxy) is 2. The SMILES string of the molecule is COc1cccc2cc(C(=O)Nc3cnn(CC4CCCCO4)c3)c(=O)oc12. The lowest BCUT2D eigenvalue weighted by atomic mass is 10.1. The number of benzene rings is 1. The smallest absolute Gasteiger partial charge is 0.349 e. The molecule has 8 heteroatoms. The molecule has 0 radical (unpaired) electrons. The first kappa shape index (κ1) is 18.2. The molecule has 8 nitrogen and oxygen atoms in total. The fourth-order valence-electron chi connectivity index (χ4n) is 3.32. The number of amides is 1. The molecule has 4 rings (SSSR count). The van der Waals surface area contributed by atoms with Gasteiger partial charge in [-0.3, -0.25) is 9.48 Å². The van der Waals surface area contributed by atoms with Gasteiger partial charge in [-0.25, -0.2) is 4.79 Å². The minimum Gasteiger partial charge on any atom is -0.493 e. The van der Waals surface area contributed by atoms with Gasteiger partial charge < -0.3 is 19.2 Å². The molecule has 146 valence electrons. The lowest BCUT2D eigenvalue weighted by molar-refractivity contribution is 0.00400. The largest absolute Gasteiger partial charge is 0.493 e. The Labute approximate surface area is 161 Å². The van der Waals surface area contributed by atoms with Crippen LogP contribution >= 0.6 is 0 Å². The van der Waals surface area contributed by atoms with E-state index in [4.69, 9.17) is 13.9 Å². The Morgan fingerprint density at radius 3 is 3.07 bits per heavy atom. The van der Waals surface area contributed by atoms with Gasteiger partial charge in [-0.1, -0.05) is 12.1 Å². The van der Waals surface area contributed by atoms with Gasteiger partial charge in [-0.2, -0.15) is 5.10 Å². The topological polar surface area (TPSA) is 95.6 Å². The van der Waals surface area contributed by atoms with E-state index in [0.717, 1.165) is 25.9 Å². The maximum Gasteiger partial charge on any atom is 0.349 e. The molecular weight excluding hydrogens is 362 g/mol. The van der Waals surface area contributed by atoms with Crippen molar-refractivity contribution in [2.45, 2.75) is 31.9 Å². The molecule has 0 aliphatic carbocycles. The maximum absolute atomic E-state index is 12.6. The van der Waals surface area contributed by atoms with Crippen LogP contribution in [0.5, 0.6) is 5.75 Å². The number of hydrogen-bond acceptors (Lipinski definition) is 6. The molecule has 1 atom stereocenters. The molecule has 2 aromatic heterocycles. The number of carbonyl (C=O) groups excluding carboxylic acids is 1. The third-order valence-corrected chi connectivity index (χ3v) is 4.74. The van der Waals surface area contributed by atoms with E-state index < -0.39 is 11.5 Å². The van der Waals surface area contributed by atoms with E-state index in [-0.39, 0.29) is 11.7 Å². The van der Waals surface area contributed by atoms with Crippen LogP contribution in [0.3, 0.4) is 0 Å². The lowest BCUT2D eigenvalue weighted by Gasteiger charge is -2.22. The number of methoxy groups -OCH3 is 1. The van der Waals surface area contributed by atoms with Crippen molar-refractivity contribution in [3.63, 3.8) is 0 Å². The van der Waals surface area contributed by atoms with E-state index in [1.165, 1.54) is 13.2 Å². The van der Waals surface area contributed by atoms with Crippen LogP contribution in [-0.2, 0) is 11.3 Å². The van der Waals surface area contributed by atoms with Gasteiger partial charge in [-0.05, 0) is 31.4 Å². The molecule has 1 unspecified atom stereocenters. The Bertz CT molecular complexity index is 1050. The number of para-hydroxylation sites is 1. The number of carbonyl (C=O) groups is 1. The first-order chi connectivity index (χ1) is 13.6. The third-order valence-electron chi connectivity index (χ3n) is 4.74. The predicted octanol–water partition coefficient (Wildman–Crippen LogP) is 2.82. The van der Waals surface area contributed by atoms with Crippen LogP contribution < -0.4 is 15.7 Å². The number of nitrogens with one attached hydrogen (secondary N) is 1. The monoisotopic (exact) mass is 383 g/mol. The summed E-state index contributed by atoms with van der Waals surface area (Å²) in [6, 6.07) is 6.70. The normalized spacial score (nSPS) is 16.8. The average molecular weight is 383 g/mol. The quantitative estimate of drug-likeness (QED) is 0.681. The summed E-state index contributed by atoms with van der Waals surface area (Å²) in [4.78, 5) is 24.8. The minimum atomic E-state index is -0.725. The Kier molecular flexibility index (Phi) is 5.12. The van der Waals surface area contributed by atoms with Crippen LogP contribution in [-0.4, -0.2) is 35.5 Å². The van der Waals surface area contributed by atoms with Crippen LogP contribution in [0.4, 0.5) is 5.69 Å². The number of fused-ring (bicyclic) bond motifs is 1. The highest BCUT2D eigenvalue weighted by atomic mass is 16.5. The highest BCUT2D eigenvalue weighted by Crippen LogP contribution is 2.24. The summed E-state index contributed by atoms with van der Waals surface area (Å²) in [5, 5.41) is 7.56. The second-order valence-electron chi connectivity index (χ2n) is 6.72. The number of anilines is 1. The average Bonchev–Trinajstić information content (AvgIpc) is 3.14. The van der Waals surface area contributed by atoms with Gasteiger partial charge in [0.15, 0.2) is 11.3 Å². The molecule has 28 heavy (non-hydrogen) atoms. The van der Waals surface area contributed by atoms with Crippen molar-refractivity contribution in [1.29, 1.82) is 0 Å². The van der Waals surface area contributed by atoms with E-state index in [1.807, 2.05) is 0 Å². The van der Waals surface area contributed by atoms with Crippen molar-refractivity contribution in [1.82, 2.24) is 9.78 Å². The van der Waals surface area contributed by atoms with Crippen LogP contribution in [0.2, 0.25) is 0 Å². The van der Waals surface area contributed by atoms with Gasteiger partial charge >= 0.3 is 5.63 Å². The summed E-state index contributed by atoms with van der Waals surface area (Å²) in [5.74, 6) is -0.111. The van der Waals surface area contributed by atoms with Crippen LogP contribution in [0.1, 0.15) is 29.6 Å². The van der Waals surface area contributed by atoms with Crippen LogP contribution in [0, 0.1) is 0 Å². The minimum absolute atomic E-state index is 0.0795. The Morgan fingerprint density at radius 2 is 2.29 bits per heavy atom. The molecule has 0 saturated carbocycles. The lowest BCUT2D eigenvalue weighted by Crippen LogP contribution is -2.24. The van der Waals surface area contributed by atoms with E-state index in [1.54, 1.807) is 35.3 Å². The number of hydrogen-bond donors (Lipinski definition) is 1. The second kappa shape index (κ2) is 7.85. The van der Waals surface area contributed by atoms with Gasteiger partial charge in [0.25, 0.3) is 5.91 Å². The standard InChI is InChI=1S/C20H21N3O5/c1-26-17-7-4-5-13-9-16(20(25)28-18(13)17)19(24)22-14-10-21-23(11-14)12-15-6-2-3-8-27-15/h4-5,7,9-11,15H,2-3,6,8,12H2,1H3,(H,22,24). The van der Waals surface area contributed by atoms with Crippen molar-refractivity contribution < 1.29 is 18.7 Å². The zero-order valence-corrected chi connectivity index (χ0v) is 15.5. The first-order valence-electron chi connectivity index (χ1n) is 9.20. The van der Waals surface area contributed by atoms with Gasteiger partial charge in [-0.15, -0.1) is 0 Å². The molecule has 0 bridgehead atoms. The van der Waals surface area contributed by atoms with Crippen molar-refractivity contribution in [3.05, 3.63) is 52.6 Å². The molecule has 0 spiro atoms. The van der Waals surface area contributed by atoms with Gasteiger partial charge in [0.1, 0.15) is 5.56 Å². The summed E-state index contributed by atoms with van der Waals surface area (Å²) in [7, 11) is 1.49. The van der Waals surface area contributed by atoms with Crippen LogP contribution in [0.15, 0.2) is 45.9 Å². The summed E-state index contributed by atoms with van der Waals surface area (Å²) >= 11 is 0. The molecule has 1 aromatic carbocycles. The van der Waals surface area contributed by atoms with Crippen molar-refractivity contribution >= 4 is 22.6 Å². The Hall–Kier alpha value is -3.13. The summed E-state index contributed by atoms with van der Waals surface area (Å²) in [5.41, 5.74) is 0.0133. The van der Waals surface area contributed by atoms with Crippen molar-refractivity contribution in [2.75, 3.05) is 19.0 Å². The number of nitrogens with zero attached hydrogens (tertiary/aromatic N) is 2. The molecule has 1 fully saturated rings.